The number of hydrogen-bond donors (Lipinski definition) is 2. The highest BCUT2D eigenvalue weighted by Gasteiger charge is 2.41. The van der Waals surface area contributed by atoms with Gasteiger partial charge in [0.05, 0.1) is 19.3 Å². The smallest absolute Gasteiger partial charge is 0.305 e. The average molecular weight is 399 g/mol. The summed E-state index contributed by atoms with van der Waals surface area (Å²) in [5, 5.41) is 20.8. The lowest BCUT2D eigenvalue weighted by molar-refractivity contribution is -0.140. The number of alkyl halides is 1. The molecule has 0 aromatic rings. The zero-order chi connectivity index (χ0) is 21.2. The van der Waals surface area contributed by atoms with Gasteiger partial charge in [0.25, 0.3) is 0 Å². The van der Waals surface area contributed by atoms with Crippen LogP contribution < -0.4 is 0 Å². The summed E-state index contributed by atoms with van der Waals surface area (Å²) in [6, 6.07) is 0. The van der Waals surface area contributed by atoms with Crippen molar-refractivity contribution < 1.29 is 24.1 Å². The molecule has 1 aliphatic rings. The van der Waals surface area contributed by atoms with Crippen LogP contribution in [0.3, 0.4) is 0 Å². The Balaban J connectivity index is 2.58. The SMILES string of the molecule is CCCCC(C)(C)[C@H](O)/C=C/[C@@H]1[C@@H](CC/C=C\CCC(=O)OC)[C@H](F)C[C@H]1O. The number of methoxy groups -OCH3 is 1. The van der Waals surface area contributed by atoms with Crippen molar-refractivity contribution in [1.29, 1.82) is 0 Å². The zero-order valence-electron chi connectivity index (χ0n) is 17.9. The number of unbranched alkanes of at least 4 members (excludes halogenated alkanes) is 1. The van der Waals surface area contributed by atoms with Crippen molar-refractivity contribution in [2.45, 2.75) is 90.5 Å². The lowest BCUT2D eigenvalue weighted by Crippen LogP contribution is -2.28. The van der Waals surface area contributed by atoms with Crippen LogP contribution in [-0.2, 0) is 9.53 Å². The lowest BCUT2D eigenvalue weighted by Gasteiger charge is -2.29. The molecule has 0 bridgehead atoms. The first kappa shape index (κ1) is 24.8. The predicted molar refractivity (Wildman–Crippen MR) is 111 cm³/mol. The maximum absolute atomic E-state index is 14.4. The van der Waals surface area contributed by atoms with Crippen molar-refractivity contribution in [3.05, 3.63) is 24.3 Å². The summed E-state index contributed by atoms with van der Waals surface area (Å²) in [7, 11) is 1.37. The molecule has 1 saturated carbocycles. The largest absolute Gasteiger partial charge is 0.469 e. The fourth-order valence-electron chi connectivity index (χ4n) is 3.84. The number of halogens is 1. The van der Waals surface area contributed by atoms with E-state index in [1.807, 2.05) is 32.1 Å². The zero-order valence-corrected chi connectivity index (χ0v) is 17.9. The molecule has 28 heavy (non-hydrogen) atoms. The van der Waals surface area contributed by atoms with Crippen LogP contribution in [0, 0.1) is 17.3 Å². The summed E-state index contributed by atoms with van der Waals surface area (Å²) < 4.78 is 19.0. The summed E-state index contributed by atoms with van der Waals surface area (Å²) >= 11 is 0. The van der Waals surface area contributed by atoms with Crippen LogP contribution in [-0.4, -0.2) is 41.7 Å². The molecule has 0 aliphatic heterocycles. The first-order valence-electron chi connectivity index (χ1n) is 10.6. The van der Waals surface area contributed by atoms with Crippen molar-refractivity contribution in [2.24, 2.45) is 17.3 Å². The Kier molecular flexibility index (Phi) is 11.0. The Hall–Kier alpha value is -1.20. The molecule has 1 fully saturated rings. The quantitative estimate of drug-likeness (QED) is 0.368. The van der Waals surface area contributed by atoms with Gasteiger partial charge in [0, 0.05) is 18.8 Å². The molecule has 162 valence electrons. The number of carbonyl (C=O) groups excluding carboxylic acids is 1. The Morgan fingerprint density at radius 3 is 2.64 bits per heavy atom. The van der Waals surface area contributed by atoms with E-state index in [0.717, 1.165) is 19.3 Å². The molecular weight excluding hydrogens is 359 g/mol. The standard InChI is InChI=1S/C23H39FO4/c1-5-6-15-23(2,3)21(26)14-13-18-17(19(24)16-20(18)25)11-9-7-8-10-12-22(27)28-4/h7-8,13-14,17-21,25-26H,5-6,9-12,15-16H2,1-4H3/b8-7-,14-13+/t17-,18-,19-,20-,21-/m1/s1. The van der Waals surface area contributed by atoms with Gasteiger partial charge in [-0.25, -0.2) is 4.39 Å². The number of aliphatic hydroxyl groups is 2. The normalized spacial score (nSPS) is 27.0. The van der Waals surface area contributed by atoms with E-state index in [-0.39, 0.29) is 29.6 Å². The third-order valence-corrected chi connectivity index (χ3v) is 5.94. The summed E-state index contributed by atoms with van der Waals surface area (Å²) in [6.45, 7) is 6.21. The molecule has 0 radical (unpaired) electrons. The molecule has 1 aliphatic carbocycles. The topological polar surface area (TPSA) is 66.8 Å². The first-order valence-corrected chi connectivity index (χ1v) is 10.6. The van der Waals surface area contributed by atoms with Crippen LogP contribution in [0.1, 0.15) is 72.1 Å². The number of allylic oxidation sites excluding steroid dienone is 2. The monoisotopic (exact) mass is 398 g/mol. The van der Waals surface area contributed by atoms with Crippen molar-refractivity contribution in [2.75, 3.05) is 7.11 Å². The van der Waals surface area contributed by atoms with Gasteiger partial charge in [-0.1, -0.05) is 57.9 Å². The average Bonchev–Trinajstić information content (AvgIpc) is 2.93. The molecule has 0 unspecified atom stereocenters. The van der Waals surface area contributed by atoms with E-state index in [1.54, 1.807) is 6.08 Å². The number of ether oxygens (including phenoxy) is 1. The van der Waals surface area contributed by atoms with Gasteiger partial charge in [0.1, 0.15) is 6.17 Å². The van der Waals surface area contributed by atoms with E-state index < -0.39 is 18.4 Å². The Morgan fingerprint density at radius 2 is 2.00 bits per heavy atom. The van der Waals surface area contributed by atoms with Crippen LogP contribution in [0.15, 0.2) is 24.3 Å². The van der Waals surface area contributed by atoms with E-state index in [0.29, 0.717) is 25.7 Å². The fourth-order valence-corrected chi connectivity index (χ4v) is 3.84. The van der Waals surface area contributed by atoms with Crippen LogP contribution >= 0.6 is 0 Å². The maximum Gasteiger partial charge on any atom is 0.305 e. The lowest BCUT2D eigenvalue weighted by atomic mass is 9.80. The second kappa shape index (κ2) is 12.4. The number of hydrogen-bond acceptors (Lipinski definition) is 4. The van der Waals surface area contributed by atoms with E-state index in [9.17, 15) is 19.4 Å². The van der Waals surface area contributed by atoms with Crippen molar-refractivity contribution >= 4 is 5.97 Å². The molecule has 4 nitrogen and oxygen atoms in total. The summed E-state index contributed by atoms with van der Waals surface area (Å²) in [5.41, 5.74) is -0.233. The highest BCUT2D eigenvalue weighted by molar-refractivity contribution is 5.69. The molecule has 5 atom stereocenters. The third-order valence-electron chi connectivity index (χ3n) is 5.94. The van der Waals surface area contributed by atoms with Crippen LogP contribution in [0.2, 0.25) is 0 Å². The maximum atomic E-state index is 14.4. The van der Waals surface area contributed by atoms with Gasteiger partial charge in [0.2, 0.25) is 0 Å². The van der Waals surface area contributed by atoms with Crippen molar-refractivity contribution in [1.82, 2.24) is 0 Å². The molecular formula is C23H39FO4. The van der Waals surface area contributed by atoms with Gasteiger partial charge in [-0.3, -0.25) is 4.79 Å². The Bertz CT molecular complexity index is 515. The predicted octanol–water partition coefficient (Wildman–Crippen LogP) is 4.74. The van der Waals surface area contributed by atoms with Gasteiger partial charge in [-0.05, 0) is 37.0 Å². The molecule has 1 rings (SSSR count). The molecule has 0 aromatic carbocycles. The molecule has 0 aromatic heterocycles. The Morgan fingerprint density at radius 1 is 1.32 bits per heavy atom. The van der Waals surface area contributed by atoms with E-state index in [4.69, 9.17) is 0 Å². The van der Waals surface area contributed by atoms with E-state index in [1.165, 1.54) is 7.11 Å². The number of carbonyl (C=O) groups is 1. The minimum absolute atomic E-state index is 0.154. The van der Waals surface area contributed by atoms with Crippen LogP contribution in [0.4, 0.5) is 4.39 Å². The molecule has 0 spiro atoms. The van der Waals surface area contributed by atoms with E-state index >= 15 is 0 Å². The second-order valence-electron chi connectivity index (χ2n) is 8.65. The third kappa shape index (κ3) is 8.04. The molecule has 0 amide bonds. The minimum Gasteiger partial charge on any atom is -0.469 e. The fraction of sp³-hybridized carbons (Fsp3) is 0.783. The van der Waals surface area contributed by atoms with Gasteiger partial charge < -0.3 is 14.9 Å². The van der Waals surface area contributed by atoms with Crippen molar-refractivity contribution in [3.8, 4) is 0 Å². The minimum atomic E-state index is -1.03. The van der Waals surface area contributed by atoms with Crippen LogP contribution in [0.5, 0.6) is 0 Å². The van der Waals surface area contributed by atoms with Gasteiger partial charge in [-0.15, -0.1) is 0 Å². The Labute approximate surface area is 169 Å². The summed E-state index contributed by atoms with van der Waals surface area (Å²) in [4.78, 5) is 11.1. The molecule has 5 heteroatoms. The highest BCUT2D eigenvalue weighted by atomic mass is 19.1. The van der Waals surface area contributed by atoms with E-state index in [2.05, 4.69) is 11.7 Å². The molecule has 0 heterocycles. The number of rotatable bonds is 12. The highest BCUT2D eigenvalue weighted by Crippen LogP contribution is 2.39. The van der Waals surface area contributed by atoms with Crippen LogP contribution in [0.25, 0.3) is 0 Å². The molecule has 0 saturated heterocycles. The number of aliphatic hydroxyl groups excluding tert-OH is 2. The van der Waals surface area contributed by atoms with Gasteiger partial charge in [0.15, 0.2) is 0 Å². The summed E-state index contributed by atoms with van der Waals surface area (Å²) in [5.74, 6) is -0.754. The van der Waals surface area contributed by atoms with Gasteiger partial charge >= 0.3 is 5.97 Å². The second-order valence-corrected chi connectivity index (χ2v) is 8.65. The van der Waals surface area contributed by atoms with Gasteiger partial charge in [-0.2, -0.15) is 0 Å². The molecule has 2 N–H and O–H groups in total. The van der Waals surface area contributed by atoms with Crippen molar-refractivity contribution in [3.63, 3.8) is 0 Å². The number of esters is 1. The summed E-state index contributed by atoms with van der Waals surface area (Å²) in [6.07, 6.45) is 10.6. The first-order chi connectivity index (χ1) is 13.2.